The zero-order valence-electron chi connectivity index (χ0n) is 11.1. The first-order valence-corrected chi connectivity index (χ1v) is 7.00. The highest BCUT2D eigenvalue weighted by molar-refractivity contribution is 7.77. The first-order chi connectivity index (χ1) is 9.40. The average molecular weight is 298 g/mol. The quantitative estimate of drug-likeness (QED) is 0.649. The fourth-order valence-electron chi connectivity index (χ4n) is 1.45. The monoisotopic (exact) mass is 298 g/mol. The predicted molar refractivity (Wildman–Crippen MR) is 74.6 cm³/mol. The smallest absolute Gasteiger partial charge is 0.253 e. The summed E-state index contributed by atoms with van der Waals surface area (Å²) in [6.45, 7) is 3.26. The van der Waals surface area contributed by atoms with Crippen LogP contribution >= 0.6 is 0 Å². The van der Waals surface area contributed by atoms with E-state index in [1.807, 2.05) is 18.6 Å². The Morgan fingerprint density at radius 2 is 1.95 bits per heavy atom. The van der Waals surface area contributed by atoms with E-state index in [1.54, 1.807) is 24.3 Å². The molecule has 0 bridgehead atoms. The van der Waals surface area contributed by atoms with Crippen LogP contribution in [0.15, 0.2) is 24.3 Å². The fraction of sp³-hybridized carbons (Fsp3) is 0.333. The predicted octanol–water partition coefficient (Wildman–Crippen LogP) is 0.147. The molecule has 1 atom stereocenters. The van der Waals surface area contributed by atoms with E-state index in [0.29, 0.717) is 11.3 Å². The van der Waals surface area contributed by atoms with Gasteiger partial charge in [-0.05, 0) is 26.0 Å². The Morgan fingerprint density at radius 3 is 2.55 bits per heavy atom. The van der Waals surface area contributed by atoms with E-state index in [2.05, 4.69) is 10.6 Å². The molecular formula is C12H16N3O4S-. The number of anilines is 1. The third kappa shape index (κ3) is 5.47. The Labute approximate surface area is 119 Å². The van der Waals surface area contributed by atoms with Gasteiger partial charge in [-0.2, -0.15) is 0 Å². The molecule has 1 rings (SSSR count). The summed E-state index contributed by atoms with van der Waals surface area (Å²) in [7, 11) is 0. The molecule has 0 saturated carbocycles. The van der Waals surface area contributed by atoms with Gasteiger partial charge in [0.25, 0.3) is 5.91 Å². The van der Waals surface area contributed by atoms with Crippen molar-refractivity contribution < 1.29 is 18.4 Å². The van der Waals surface area contributed by atoms with E-state index in [1.165, 1.54) is 0 Å². The lowest BCUT2D eigenvalue weighted by atomic mass is 10.1. The van der Waals surface area contributed by atoms with Gasteiger partial charge in [0.1, 0.15) is 0 Å². The van der Waals surface area contributed by atoms with Crippen LogP contribution in [0.2, 0.25) is 0 Å². The summed E-state index contributed by atoms with van der Waals surface area (Å²) in [6, 6.07) is 6.46. The molecule has 1 aromatic carbocycles. The van der Waals surface area contributed by atoms with Gasteiger partial charge in [-0.25, -0.2) is 4.72 Å². The van der Waals surface area contributed by atoms with Crippen molar-refractivity contribution in [2.24, 2.45) is 0 Å². The van der Waals surface area contributed by atoms with Crippen LogP contribution in [-0.4, -0.2) is 33.2 Å². The maximum Gasteiger partial charge on any atom is 0.253 e. The Bertz CT molecular complexity index is 519. The van der Waals surface area contributed by atoms with Crippen LogP contribution in [0.1, 0.15) is 24.2 Å². The first kappa shape index (κ1) is 16.3. The van der Waals surface area contributed by atoms with Gasteiger partial charge in [-0.15, -0.1) is 0 Å². The van der Waals surface area contributed by atoms with Crippen molar-refractivity contribution in [2.45, 2.75) is 19.9 Å². The first-order valence-electron chi connectivity index (χ1n) is 5.92. The lowest BCUT2D eigenvalue weighted by molar-refractivity contribution is -0.115. The topological polar surface area (TPSA) is 110 Å². The van der Waals surface area contributed by atoms with E-state index in [9.17, 15) is 18.4 Å². The van der Waals surface area contributed by atoms with Gasteiger partial charge >= 0.3 is 0 Å². The summed E-state index contributed by atoms with van der Waals surface area (Å²) in [6.07, 6.45) is 0. The minimum Gasteiger partial charge on any atom is -0.760 e. The molecule has 0 fully saturated rings. The van der Waals surface area contributed by atoms with Gasteiger partial charge in [0, 0.05) is 17.3 Å². The van der Waals surface area contributed by atoms with Crippen LogP contribution in [-0.2, 0) is 16.1 Å². The summed E-state index contributed by atoms with van der Waals surface area (Å²) < 4.78 is 22.5. The van der Waals surface area contributed by atoms with Crippen molar-refractivity contribution in [3.8, 4) is 0 Å². The van der Waals surface area contributed by atoms with E-state index in [-0.39, 0.29) is 11.9 Å². The molecule has 3 N–H and O–H groups in total. The zero-order chi connectivity index (χ0) is 15.1. The largest absolute Gasteiger partial charge is 0.760 e. The molecule has 7 nitrogen and oxygen atoms in total. The van der Waals surface area contributed by atoms with Gasteiger partial charge in [-0.3, -0.25) is 13.8 Å². The molecule has 20 heavy (non-hydrogen) atoms. The van der Waals surface area contributed by atoms with Crippen LogP contribution in [0, 0.1) is 0 Å². The molecule has 0 aliphatic rings. The molecule has 8 heteroatoms. The highest BCUT2D eigenvalue weighted by Gasteiger charge is 2.13. The normalized spacial score (nSPS) is 12.0. The number of para-hydroxylation sites is 1. The SMILES string of the molecule is CC(C)NC(=O)c1ccccc1NC(=O)CNS(=O)[O-]. The zero-order valence-corrected chi connectivity index (χ0v) is 12.0. The second-order valence-electron chi connectivity index (χ2n) is 4.28. The second kappa shape index (κ2) is 7.73. The number of rotatable bonds is 6. The molecule has 1 unspecified atom stereocenters. The Balaban J connectivity index is 2.77. The lowest BCUT2D eigenvalue weighted by Crippen LogP contribution is -2.32. The van der Waals surface area contributed by atoms with Crippen molar-refractivity contribution in [1.29, 1.82) is 0 Å². The molecule has 0 spiro atoms. The van der Waals surface area contributed by atoms with E-state index >= 15 is 0 Å². The van der Waals surface area contributed by atoms with Crippen molar-refractivity contribution in [1.82, 2.24) is 10.0 Å². The number of benzene rings is 1. The molecule has 0 aliphatic carbocycles. The third-order valence-corrected chi connectivity index (χ3v) is 2.60. The lowest BCUT2D eigenvalue weighted by Gasteiger charge is -2.13. The summed E-state index contributed by atoms with van der Waals surface area (Å²) in [5, 5.41) is 5.20. The fourth-order valence-corrected chi connectivity index (χ4v) is 1.70. The van der Waals surface area contributed by atoms with Crippen LogP contribution in [0.25, 0.3) is 0 Å². The molecule has 0 saturated heterocycles. The molecule has 0 aliphatic heterocycles. The van der Waals surface area contributed by atoms with E-state index in [0.717, 1.165) is 0 Å². The Kier molecular flexibility index (Phi) is 6.29. The van der Waals surface area contributed by atoms with Crippen molar-refractivity contribution in [3.05, 3.63) is 29.8 Å². The van der Waals surface area contributed by atoms with Crippen LogP contribution < -0.4 is 15.4 Å². The molecule has 0 radical (unpaired) electrons. The third-order valence-electron chi connectivity index (χ3n) is 2.22. The Hall–Kier alpha value is -1.77. The molecule has 0 aromatic heterocycles. The standard InChI is InChI=1S/C12H17N3O4S/c1-8(2)14-12(17)9-5-3-4-6-10(9)15-11(16)7-13-20(18)19/h3-6,8,13H,7H2,1-2H3,(H,14,17)(H,15,16)(H,18,19)/p-1. The van der Waals surface area contributed by atoms with Crippen molar-refractivity contribution in [3.63, 3.8) is 0 Å². The van der Waals surface area contributed by atoms with Gasteiger partial charge in [-0.1, -0.05) is 12.1 Å². The summed E-state index contributed by atoms with van der Waals surface area (Å²) in [5.74, 6) is -0.866. The minimum absolute atomic E-state index is 0.0317. The van der Waals surface area contributed by atoms with Gasteiger partial charge in [0.05, 0.1) is 17.8 Å². The number of hydrogen-bond donors (Lipinski definition) is 3. The summed E-state index contributed by atoms with van der Waals surface area (Å²) in [5.41, 5.74) is 0.645. The second-order valence-corrected chi connectivity index (χ2v) is 5.04. The maximum atomic E-state index is 11.9. The van der Waals surface area contributed by atoms with E-state index in [4.69, 9.17) is 0 Å². The average Bonchev–Trinajstić information content (AvgIpc) is 2.36. The Morgan fingerprint density at radius 1 is 1.30 bits per heavy atom. The van der Waals surface area contributed by atoms with Gasteiger partial charge < -0.3 is 15.2 Å². The number of amides is 2. The molecule has 1 aromatic rings. The van der Waals surface area contributed by atoms with Gasteiger partial charge in [0.15, 0.2) is 0 Å². The maximum absolute atomic E-state index is 11.9. The van der Waals surface area contributed by atoms with Crippen LogP contribution in [0.5, 0.6) is 0 Å². The van der Waals surface area contributed by atoms with Gasteiger partial charge in [0.2, 0.25) is 5.91 Å². The molecule has 0 heterocycles. The van der Waals surface area contributed by atoms with Crippen molar-refractivity contribution >= 4 is 28.8 Å². The number of carbonyl (C=O) groups excluding carboxylic acids is 2. The van der Waals surface area contributed by atoms with E-state index < -0.39 is 23.7 Å². The van der Waals surface area contributed by atoms with Crippen LogP contribution in [0.3, 0.4) is 0 Å². The minimum atomic E-state index is -2.51. The highest BCUT2D eigenvalue weighted by Crippen LogP contribution is 2.14. The number of hydrogen-bond acceptors (Lipinski definition) is 4. The summed E-state index contributed by atoms with van der Waals surface area (Å²) in [4.78, 5) is 23.5. The summed E-state index contributed by atoms with van der Waals surface area (Å²) >= 11 is -2.51. The van der Waals surface area contributed by atoms with Crippen LogP contribution in [0.4, 0.5) is 5.69 Å². The molecule has 2 amide bonds. The number of carbonyl (C=O) groups is 2. The molecule has 110 valence electrons. The molecular weight excluding hydrogens is 282 g/mol. The van der Waals surface area contributed by atoms with Crippen molar-refractivity contribution in [2.75, 3.05) is 11.9 Å². The number of nitrogens with one attached hydrogen (secondary N) is 3. The highest BCUT2D eigenvalue weighted by atomic mass is 32.2.